The average molecular weight is 479 g/mol. The van der Waals surface area contributed by atoms with Crippen LogP contribution in [0.15, 0.2) is 29.5 Å². The summed E-state index contributed by atoms with van der Waals surface area (Å²) < 4.78 is 11.4. The minimum atomic E-state index is -0.655. The molecule has 0 spiro atoms. The van der Waals surface area contributed by atoms with Gasteiger partial charge in [-0.1, -0.05) is 77.0 Å². The van der Waals surface area contributed by atoms with Gasteiger partial charge in [0, 0.05) is 5.70 Å². The summed E-state index contributed by atoms with van der Waals surface area (Å²) in [5.74, 6) is 0.0842. The highest BCUT2D eigenvalue weighted by atomic mass is 35.5. The zero-order valence-corrected chi connectivity index (χ0v) is 21.4. The van der Waals surface area contributed by atoms with Gasteiger partial charge >= 0.3 is 12.0 Å². The summed E-state index contributed by atoms with van der Waals surface area (Å²) in [6, 6.07) is 4.37. The predicted octanol–water partition coefficient (Wildman–Crippen LogP) is 6.69. The average Bonchev–Trinajstić information content (AvgIpc) is 2.75. The number of nitrogens with one attached hydrogen (secondary N) is 2. The van der Waals surface area contributed by atoms with Crippen LogP contribution in [0.2, 0.25) is 5.02 Å². The molecule has 1 aliphatic heterocycles. The Morgan fingerprint density at radius 1 is 1.06 bits per heavy atom. The van der Waals surface area contributed by atoms with Crippen LogP contribution < -0.4 is 15.4 Å². The number of urea groups is 1. The van der Waals surface area contributed by atoms with Crippen LogP contribution in [0.3, 0.4) is 0 Å². The Balaban J connectivity index is 2.11. The summed E-state index contributed by atoms with van der Waals surface area (Å²) in [4.78, 5) is 25.2. The SMILES string of the molecule is CCCCCCCCCOc1ccc(C2NC(=O)NC(C(C)C)=C2C(=O)OC(C)C)cc1Cl. The van der Waals surface area contributed by atoms with Crippen LogP contribution in [0.4, 0.5) is 4.79 Å². The number of rotatable bonds is 13. The van der Waals surface area contributed by atoms with Gasteiger partial charge in [-0.2, -0.15) is 0 Å². The fourth-order valence-corrected chi connectivity index (χ4v) is 4.09. The van der Waals surface area contributed by atoms with Gasteiger partial charge in [0.25, 0.3) is 0 Å². The van der Waals surface area contributed by atoms with Crippen molar-refractivity contribution in [3.05, 3.63) is 40.1 Å². The minimum absolute atomic E-state index is 0.0617. The maximum atomic E-state index is 12.9. The molecule has 0 saturated carbocycles. The van der Waals surface area contributed by atoms with E-state index in [4.69, 9.17) is 21.1 Å². The van der Waals surface area contributed by atoms with Crippen molar-refractivity contribution in [2.45, 2.75) is 91.7 Å². The Kier molecular flexibility index (Phi) is 11.0. The number of hydrogen-bond donors (Lipinski definition) is 2. The Morgan fingerprint density at radius 3 is 2.33 bits per heavy atom. The molecule has 2 N–H and O–H groups in total. The molecule has 2 amide bonds. The van der Waals surface area contributed by atoms with Gasteiger partial charge in [0.2, 0.25) is 0 Å². The van der Waals surface area contributed by atoms with Crippen LogP contribution in [0.25, 0.3) is 0 Å². The molecule has 0 aromatic heterocycles. The number of amides is 2. The predicted molar refractivity (Wildman–Crippen MR) is 132 cm³/mol. The molecule has 1 aliphatic rings. The number of hydrogen-bond acceptors (Lipinski definition) is 4. The summed E-state index contributed by atoms with van der Waals surface area (Å²) >= 11 is 6.51. The van der Waals surface area contributed by atoms with Crippen LogP contribution in [0.5, 0.6) is 5.75 Å². The van der Waals surface area contributed by atoms with Crippen molar-refractivity contribution < 1.29 is 19.1 Å². The summed E-state index contributed by atoms with van der Waals surface area (Å²) in [5.41, 5.74) is 1.66. The molecule has 0 saturated heterocycles. The number of allylic oxidation sites excluding steroid dienone is 1. The fraction of sp³-hybridized carbons (Fsp3) is 0.615. The lowest BCUT2D eigenvalue weighted by atomic mass is 9.91. The first-order valence-electron chi connectivity index (χ1n) is 12.2. The minimum Gasteiger partial charge on any atom is -0.492 e. The molecule has 0 fully saturated rings. The number of carbonyl (C=O) groups is 2. The molecule has 6 nitrogen and oxygen atoms in total. The van der Waals surface area contributed by atoms with E-state index in [1.807, 2.05) is 19.9 Å². The third-order valence-corrected chi connectivity index (χ3v) is 5.83. The molecule has 0 bridgehead atoms. The Bertz CT molecular complexity index is 836. The molecular formula is C26H39ClN2O4. The van der Waals surface area contributed by atoms with Gasteiger partial charge in [0.15, 0.2) is 0 Å². The van der Waals surface area contributed by atoms with Gasteiger partial charge in [0.05, 0.1) is 29.3 Å². The number of esters is 1. The second kappa shape index (κ2) is 13.5. The molecule has 1 unspecified atom stereocenters. The second-order valence-electron chi connectivity index (χ2n) is 9.13. The summed E-state index contributed by atoms with van der Waals surface area (Å²) in [5, 5.41) is 6.06. The third kappa shape index (κ3) is 8.26. The van der Waals surface area contributed by atoms with Gasteiger partial charge in [-0.05, 0) is 43.9 Å². The summed E-state index contributed by atoms with van der Waals surface area (Å²) in [7, 11) is 0. The normalized spacial score (nSPS) is 16.1. The van der Waals surface area contributed by atoms with E-state index in [0.29, 0.717) is 34.2 Å². The van der Waals surface area contributed by atoms with E-state index in [-0.39, 0.29) is 18.1 Å². The highest BCUT2D eigenvalue weighted by Gasteiger charge is 2.35. The van der Waals surface area contributed by atoms with E-state index in [0.717, 1.165) is 12.8 Å². The van der Waals surface area contributed by atoms with E-state index in [2.05, 4.69) is 17.6 Å². The molecule has 0 aliphatic carbocycles. The smallest absolute Gasteiger partial charge is 0.338 e. The third-order valence-electron chi connectivity index (χ3n) is 5.54. The molecule has 2 rings (SSSR count). The van der Waals surface area contributed by atoms with Crippen LogP contribution in [-0.2, 0) is 9.53 Å². The Hall–Kier alpha value is -2.21. The maximum absolute atomic E-state index is 12.9. The van der Waals surface area contributed by atoms with Crippen LogP contribution >= 0.6 is 11.6 Å². The van der Waals surface area contributed by atoms with Crippen molar-refractivity contribution in [2.75, 3.05) is 6.61 Å². The zero-order valence-electron chi connectivity index (χ0n) is 20.6. The van der Waals surface area contributed by atoms with E-state index < -0.39 is 12.0 Å². The summed E-state index contributed by atoms with van der Waals surface area (Å²) in [6.45, 7) is 10.3. The quantitative estimate of drug-likeness (QED) is 0.244. The van der Waals surface area contributed by atoms with Crippen LogP contribution in [0.1, 0.15) is 91.2 Å². The molecular weight excluding hydrogens is 440 g/mol. The lowest BCUT2D eigenvalue weighted by Crippen LogP contribution is -2.47. The van der Waals surface area contributed by atoms with Crippen molar-refractivity contribution >= 4 is 23.6 Å². The van der Waals surface area contributed by atoms with Crippen LogP contribution in [-0.4, -0.2) is 24.7 Å². The maximum Gasteiger partial charge on any atom is 0.338 e. The van der Waals surface area contributed by atoms with Gasteiger partial charge in [-0.15, -0.1) is 0 Å². The topological polar surface area (TPSA) is 76.7 Å². The molecule has 184 valence electrons. The highest BCUT2D eigenvalue weighted by molar-refractivity contribution is 6.32. The summed E-state index contributed by atoms with van der Waals surface area (Å²) in [6.07, 6.45) is 8.23. The van der Waals surface area contributed by atoms with Crippen molar-refractivity contribution in [2.24, 2.45) is 5.92 Å². The number of carbonyl (C=O) groups excluding carboxylic acids is 2. The second-order valence-corrected chi connectivity index (χ2v) is 9.53. The van der Waals surface area contributed by atoms with E-state index in [1.54, 1.807) is 26.0 Å². The standard InChI is InChI=1S/C26H39ClN2O4/c1-6-7-8-9-10-11-12-15-32-21-14-13-19(16-20(21)27)24-22(25(30)33-18(4)5)23(17(2)3)28-26(31)29-24/h13-14,16-18,24H,6-12,15H2,1-5H3,(H2,28,29,31). The van der Waals surface area contributed by atoms with E-state index in [1.165, 1.54) is 32.1 Å². The molecule has 7 heteroatoms. The Labute approximate surface area is 203 Å². The molecule has 1 aromatic rings. The van der Waals surface area contributed by atoms with Crippen molar-refractivity contribution in [3.8, 4) is 5.75 Å². The zero-order chi connectivity index (χ0) is 24.4. The number of benzene rings is 1. The monoisotopic (exact) mass is 478 g/mol. The lowest BCUT2D eigenvalue weighted by Gasteiger charge is -2.31. The van der Waals surface area contributed by atoms with Gasteiger partial charge in [-0.3, -0.25) is 0 Å². The molecule has 1 atom stereocenters. The van der Waals surface area contributed by atoms with Gasteiger partial charge < -0.3 is 20.1 Å². The first-order chi connectivity index (χ1) is 15.7. The largest absolute Gasteiger partial charge is 0.492 e. The lowest BCUT2D eigenvalue weighted by molar-refractivity contribution is -0.143. The Morgan fingerprint density at radius 2 is 1.73 bits per heavy atom. The first kappa shape index (κ1) is 27.0. The number of unbranched alkanes of at least 4 members (excludes halogenated alkanes) is 6. The molecule has 0 radical (unpaired) electrons. The van der Waals surface area contributed by atoms with Crippen molar-refractivity contribution in [3.63, 3.8) is 0 Å². The van der Waals surface area contributed by atoms with Crippen molar-refractivity contribution in [1.29, 1.82) is 0 Å². The fourth-order valence-electron chi connectivity index (χ4n) is 3.85. The number of ether oxygens (including phenoxy) is 2. The molecule has 1 aromatic carbocycles. The highest BCUT2D eigenvalue weighted by Crippen LogP contribution is 2.34. The van der Waals surface area contributed by atoms with E-state index in [9.17, 15) is 9.59 Å². The molecule has 1 heterocycles. The van der Waals surface area contributed by atoms with Crippen molar-refractivity contribution in [1.82, 2.24) is 10.6 Å². The van der Waals surface area contributed by atoms with Gasteiger partial charge in [-0.25, -0.2) is 9.59 Å². The van der Waals surface area contributed by atoms with E-state index >= 15 is 0 Å². The number of halogens is 1. The van der Waals surface area contributed by atoms with Gasteiger partial charge in [0.1, 0.15) is 5.75 Å². The van der Waals surface area contributed by atoms with Crippen LogP contribution in [0, 0.1) is 5.92 Å². The molecule has 33 heavy (non-hydrogen) atoms. The first-order valence-corrected chi connectivity index (χ1v) is 12.6.